The van der Waals surface area contributed by atoms with Crippen LogP contribution in [0, 0.1) is 27.1 Å². The van der Waals surface area contributed by atoms with E-state index in [1.165, 1.54) is 0 Å². The maximum Gasteiger partial charge on any atom is 0.0629 e. The van der Waals surface area contributed by atoms with Crippen LogP contribution in [0.25, 0.3) is 0 Å². The van der Waals surface area contributed by atoms with Crippen molar-refractivity contribution in [2.24, 2.45) is 27.1 Å². The summed E-state index contributed by atoms with van der Waals surface area (Å²) in [6.07, 6.45) is 0. The van der Waals surface area contributed by atoms with Crippen LogP contribution in [0.4, 0.5) is 0 Å². The van der Waals surface area contributed by atoms with Crippen molar-refractivity contribution < 1.29 is 81.3 Å². The molecule has 0 radical (unpaired) electrons. The number of aliphatic hydroxyl groups excluding tert-OH is 15. The van der Waals surface area contributed by atoms with E-state index >= 15 is 0 Å². The number of rotatable bonds is 19. The number of ether oxygens (including phenoxy) is 1. The van der Waals surface area contributed by atoms with Crippen LogP contribution in [0.3, 0.4) is 0 Å². The highest BCUT2D eigenvalue weighted by atomic mass is 16.5. The van der Waals surface area contributed by atoms with E-state index in [1.807, 2.05) is 0 Å². The van der Waals surface area contributed by atoms with Crippen molar-refractivity contribution in [1.82, 2.24) is 0 Å². The predicted octanol–water partition coefficient (Wildman–Crippen LogP) is -6.16. The molecule has 0 spiro atoms. The van der Waals surface area contributed by atoms with Gasteiger partial charge in [-0.3, -0.25) is 0 Å². The van der Waals surface area contributed by atoms with Gasteiger partial charge in [-0.15, -0.1) is 0 Å². The molecule has 0 unspecified atom stereocenters. The Morgan fingerprint density at radius 2 is 0.537 bits per heavy atom. The lowest BCUT2D eigenvalue weighted by Crippen LogP contribution is -2.43. The van der Waals surface area contributed by atoms with Crippen molar-refractivity contribution in [2.75, 3.05) is 112 Å². The van der Waals surface area contributed by atoms with E-state index in [4.69, 9.17) is 81.3 Å². The maximum absolute atomic E-state index is 9.03. The molecule has 0 aliphatic carbocycles. The van der Waals surface area contributed by atoms with Crippen LogP contribution in [-0.4, -0.2) is 189 Å². The lowest BCUT2D eigenvalue weighted by Gasteiger charge is -2.31. The second-order valence-electron chi connectivity index (χ2n) is 11.3. The summed E-state index contributed by atoms with van der Waals surface area (Å²) in [6.45, 7) is 0.120. The molecule has 0 saturated heterocycles. The highest BCUT2D eigenvalue weighted by molar-refractivity contribution is 4.80. The van der Waals surface area contributed by atoms with Crippen molar-refractivity contribution >= 4 is 0 Å². The van der Waals surface area contributed by atoms with Crippen LogP contribution in [0.2, 0.25) is 0 Å². The van der Waals surface area contributed by atoms with Crippen LogP contribution in [0.15, 0.2) is 0 Å². The minimum absolute atomic E-state index is 0.0451. The van der Waals surface area contributed by atoms with Crippen molar-refractivity contribution in [3.63, 3.8) is 0 Å². The lowest BCUT2D eigenvalue weighted by molar-refractivity contribution is -0.103. The van der Waals surface area contributed by atoms with Gasteiger partial charge in [0.15, 0.2) is 0 Å². The molecule has 15 N–H and O–H groups in total. The van der Waals surface area contributed by atoms with Gasteiger partial charge in [0, 0.05) is 10.8 Å². The first-order valence-corrected chi connectivity index (χ1v) is 12.8. The molecular formula is C25H58O16. The maximum atomic E-state index is 9.03. The molecule has 0 saturated carbocycles. The Kier molecular flexibility index (Phi) is 29.8. The van der Waals surface area contributed by atoms with Gasteiger partial charge in [0.1, 0.15) is 0 Å². The van der Waals surface area contributed by atoms with Gasteiger partial charge in [0.05, 0.1) is 129 Å². The molecule has 254 valence electrons. The molecule has 0 aromatic carbocycles. The summed E-state index contributed by atoms with van der Waals surface area (Å²) in [5.74, 6) is 0. The van der Waals surface area contributed by atoms with Gasteiger partial charge in [-0.25, -0.2) is 0 Å². The molecule has 16 heteroatoms. The van der Waals surface area contributed by atoms with E-state index in [-0.39, 0.29) is 51.7 Å². The first kappa shape index (κ1) is 47.3. The Morgan fingerprint density at radius 1 is 0.317 bits per heavy atom. The molecule has 0 fully saturated rings. The molecule has 0 aromatic heterocycles. The molecule has 0 bridgehead atoms. The van der Waals surface area contributed by atoms with E-state index in [0.29, 0.717) is 0 Å². The fraction of sp³-hybridized carbons (Fsp3) is 1.00. The Morgan fingerprint density at radius 3 is 0.610 bits per heavy atom. The first-order chi connectivity index (χ1) is 19.1. The van der Waals surface area contributed by atoms with Crippen molar-refractivity contribution in [2.45, 2.75) is 20.8 Å². The van der Waals surface area contributed by atoms with Crippen LogP contribution in [0.1, 0.15) is 20.8 Å². The van der Waals surface area contributed by atoms with Gasteiger partial charge in [-0.1, -0.05) is 20.8 Å². The summed E-state index contributed by atoms with van der Waals surface area (Å²) in [5.41, 5.74) is -4.45. The molecule has 0 atom stereocenters. The molecule has 0 heterocycles. The third-order valence-electron chi connectivity index (χ3n) is 6.17. The van der Waals surface area contributed by atoms with Crippen LogP contribution in [0.5, 0.6) is 0 Å². The van der Waals surface area contributed by atoms with Gasteiger partial charge in [0.25, 0.3) is 0 Å². The lowest BCUT2D eigenvalue weighted by atomic mass is 9.91. The second kappa shape index (κ2) is 25.8. The van der Waals surface area contributed by atoms with Crippen LogP contribution in [-0.2, 0) is 4.74 Å². The summed E-state index contributed by atoms with van der Waals surface area (Å²) in [5, 5.41) is 130. The van der Waals surface area contributed by atoms with E-state index in [1.54, 1.807) is 20.8 Å². The highest BCUT2D eigenvalue weighted by Gasteiger charge is 2.33. The van der Waals surface area contributed by atoms with Crippen LogP contribution < -0.4 is 0 Å². The number of hydrogen-bond acceptors (Lipinski definition) is 16. The van der Waals surface area contributed by atoms with Crippen molar-refractivity contribution in [3.8, 4) is 0 Å². The average Bonchev–Trinajstić information content (AvgIpc) is 3.04. The topological polar surface area (TPSA) is 313 Å². The summed E-state index contributed by atoms with van der Waals surface area (Å²) in [7, 11) is 0. The zero-order valence-electron chi connectivity index (χ0n) is 24.6. The first-order valence-electron chi connectivity index (χ1n) is 12.8. The normalized spacial score (nSPS) is 12.4. The molecule has 0 aromatic rings. The third-order valence-corrected chi connectivity index (χ3v) is 6.17. The Balaban J connectivity index is -0.000000241. The SMILES string of the molecule is CC(C)(CO)CO.CC(CO)(CO)CO.OCC(CO)(CO)CO.OCC(CO)(CO)COCC(CO)(CO)CO. The Bertz CT molecular complexity index is 479. The van der Waals surface area contributed by atoms with Gasteiger partial charge in [-0.2, -0.15) is 0 Å². The number of hydrogen-bond donors (Lipinski definition) is 15. The van der Waals surface area contributed by atoms with Crippen LogP contribution >= 0.6 is 0 Å². The summed E-state index contributed by atoms with van der Waals surface area (Å²) < 4.78 is 5.15. The summed E-state index contributed by atoms with van der Waals surface area (Å²) in [6, 6.07) is 0. The molecule has 16 nitrogen and oxygen atoms in total. The Labute approximate surface area is 242 Å². The second-order valence-corrected chi connectivity index (χ2v) is 11.3. The standard InChI is InChI=1S/C10H22O7.C5H12O4.C5H12O3.C5H12O2/c11-1-9(2-12,3-13)7-17-8-10(4-14,5-15)6-16;6-1-5(2-7,3-8)4-9;1-5(2-6,3-7)4-8;1-5(2,3-6)4-7/h11-16H,1-8H2;6-9H,1-4H2;6-8H,2-4H2,1H3;6-7H,3-4H2,1-2H3. The zero-order valence-corrected chi connectivity index (χ0v) is 24.6. The zero-order chi connectivity index (χ0) is 33.2. The summed E-state index contributed by atoms with van der Waals surface area (Å²) in [4.78, 5) is 0. The van der Waals surface area contributed by atoms with Crippen molar-refractivity contribution in [3.05, 3.63) is 0 Å². The van der Waals surface area contributed by atoms with E-state index in [9.17, 15) is 0 Å². The number of aliphatic hydroxyl groups is 15. The quantitative estimate of drug-likeness (QED) is 0.0643. The van der Waals surface area contributed by atoms with Gasteiger partial charge < -0.3 is 81.3 Å². The molecule has 0 aliphatic rings. The molecule has 0 aliphatic heterocycles. The molecular weight excluding hydrogens is 556 g/mol. The smallest absolute Gasteiger partial charge is 0.0629 e. The van der Waals surface area contributed by atoms with Gasteiger partial charge in [0.2, 0.25) is 0 Å². The van der Waals surface area contributed by atoms with Crippen molar-refractivity contribution in [1.29, 1.82) is 0 Å². The minimum atomic E-state index is -1.16. The largest absolute Gasteiger partial charge is 0.396 e. The van der Waals surface area contributed by atoms with E-state index < -0.39 is 87.7 Å². The fourth-order valence-electron chi connectivity index (χ4n) is 1.56. The highest BCUT2D eigenvalue weighted by Crippen LogP contribution is 2.20. The van der Waals surface area contributed by atoms with Gasteiger partial charge >= 0.3 is 0 Å². The van der Waals surface area contributed by atoms with Gasteiger partial charge in [-0.05, 0) is 0 Å². The monoisotopic (exact) mass is 614 g/mol. The summed E-state index contributed by atoms with van der Waals surface area (Å²) >= 11 is 0. The minimum Gasteiger partial charge on any atom is -0.396 e. The molecule has 0 amide bonds. The third kappa shape index (κ3) is 20.0. The molecule has 41 heavy (non-hydrogen) atoms. The predicted molar refractivity (Wildman–Crippen MR) is 146 cm³/mol. The van der Waals surface area contributed by atoms with E-state index in [2.05, 4.69) is 0 Å². The molecule has 0 rings (SSSR count). The Hall–Kier alpha value is -0.640. The fourth-order valence-corrected chi connectivity index (χ4v) is 1.56. The average molecular weight is 615 g/mol. The van der Waals surface area contributed by atoms with E-state index in [0.717, 1.165) is 0 Å².